The molecule has 1 aromatic carbocycles. The minimum Gasteiger partial charge on any atom is -0.313 e. The van der Waals surface area contributed by atoms with Crippen LogP contribution in [-0.4, -0.2) is 42.4 Å². The molecule has 0 aromatic heterocycles. The molecule has 6 nitrogen and oxygen atoms in total. The fourth-order valence-corrected chi connectivity index (χ4v) is 2.67. The van der Waals surface area contributed by atoms with E-state index in [0.29, 0.717) is 17.3 Å². The molecule has 1 amide bonds. The number of carbonyl (C=O) groups is 1. The second-order valence-corrected chi connectivity index (χ2v) is 5.59. The van der Waals surface area contributed by atoms with Crippen molar-refractivity contribution in [3.63, 3.8) is 0 Å². The number of carbonyl (C=O) groups excluding carboxylic acids is 1. The van der Waals surface area contributed by atoms with Gasteiger partial charge in [-0.15, -0.1) is 0 Å². The number of hydrogen-bond donors (Lipinski definition) is 0. The highest BCUT2D eigenvalue weighted by atomic mass is 35.5. The van der Waals surface area contributed by atoms with E-state index in [-0.39, 0.29) is 11.6 Å². The van der Waals surface area contributed by atoms with Crippen molar-refractivity contribution in [1.29, 1.82) is 0 Å². The quantitative estimate of drug-likeness (QED) is 0.633. The average molecular weight is 312 g/mol. The molecule has 0 N–H and O–H groups in total. The molecule has 0 radical (unpaired) electrons. The number of hydrogen-bond acceptors (Lipinski definition) is 4. The van der Waals surface area contributed by atoms with Gasteiger partial charge in [-0.25, -0.2) is 0 Å². The van der Waals surface area contributed by atoms with Crippen LogP contribution in [0.4, 0.5) is 11.4 Å². The zero-order valence-corrected chi connectivity index (χ0v) is 12.7. The number of non-ortho nitro benzene ring substituents is 1. The second kappa shape index (κ2) is 6.87. The first-order valence-corrected chi connectivity index (χ1v) is 7.29. The molecule has 21 heavy (non-hydrogen) atoms. The van der Waals surface area contributed by atoms with Gasteiger partial charge in [-0.2, -0.15) is 0 Å². The normalized spacial score (nSPS) is 15.7. The summed E-state index contributed by atoms with van der Waals surface area (Å²) in [6.45, 7) is 2.15. The second-order valence-electron chi connectivity index (χ2n) is 5.18. The number of amides is 1. The summed E-state index contributed by atoms with van der Waals surface area (Å²) < 4.78 is 0. The molecule has 0 spiro atoms. The summed E-state index contributed by atoms with van der Waals surface area (Å²) in [5, 5.41) is 11.2. The average Bonchev–Trinajstić information content (AvgIpc) is 2.47. The van der Waals surface area contributed by atoms with Crippen LogP contribution < -0.4 is 4.90 Å². The third-order valence-corrected chi connectivity index (χ3v) is 4.00. The number of piperidine rings is 1. The molecule has 0 saturated carbocycles. The molecule has 0 atom stereocenters. The molecule has 7 heteroatoms. The standard InChI is InChI=1S/C14H18ClN3O3/c1-16(14(19)10-17-7-3-2-4-8-17)13-9-11(18(20)21)5-6-12(13)15/h5-6,9H,2-4,7-8,10H2,1H3. The molecule has 1 saturated heterocycles. The lowest BCUT2D eigenvalue weighted by Gasteiger charge is -2.28. The van der Waals surface area contributed by atoms with Gasteiger partial charge < -0.3 is 4.90 Å². The van der Waals surface area contributed by atoms with Crippen molar-refractivity contribution in [2.24, 2.45) is 0 Å². The molecule has 1 heterocycles. The lowest BCUT2D eigenvalue weighted by Crippen LogP contribution is -2.40. The number of halogens is 1. The highest BCUT2D eigenvalue weighted by molar-refractivity contribution is 6.33. The van der Waals surface area contributed by atoms with Gasteiger partial charge in [0.15, 0.2) is 0 Å². The van der Waals surface area contributed by atoms with Gasteiger partial charge in [-0.1, -0.05) is 18.0 Å². The summed E-state index contributed by atoms with van der Waals surface area (Å²) in [4.78, 5) is 26.1. The Labute approximate surface area is 128 Å². The number of rotatable bonds is 4. The number of benzene rings is 1. The van der Waals surface area contributed by atoms with Crippen LogP contribution in [0.1, 0.15) is 19.3 Å². The summed E-state index contributed by atoms with van der Waals surface area (Å²) in [7, 11) is 1.59. The zero-order chi connectivity index (χ0) is 15.4. The van der Waals surface area contributed by atoms with Gasteiger partial charge in [0.2, 0.25) is 5.91 Å². The van der Waals surface area contributed by atoms with Crippen LogP contribution in [0.3, 0.4) is 0 Å². The first-order valence-electron chi connectivity index (χ1n) is 6.92. The maximum atomic E-state index is 12.3. The minimum absolute atomic E-state index is 0.0768. The van der Waals surface area contributed by atoms with Crippen LogP contribution in [0.15, 0.2) is 18.2 Å². The fraction of sp³-hybridized carbons (Fsp3) is 0.500. The highest BCUT2D eigenvalue weighted by Crippen LogP contribution is 2.29. The molecular weight excluding hydrogens is 294 g/mol. The Bertz CT molecular complexity index is 544. The number of likely N-dealkylation sites (N-methyl/N-ethyl adjacent to an activating group) is 1. The predicted molar refractivity (Wildman–Crippen MR) is 81.8 cm³/mol. The van der Waals surface area contributed by atoms with Crippen LogP contribution in [0.5, 0.6) is 0 Å². The molecule has 2 rings (SSSR count). The Morgan fingerprint density at radius 3 is 2.67 bits per heavy atom. The van der Waals surface area contributed by atoms with Crippen molar-refractivity contribution in [2.75, 3.05) is 31.6 Å². The van der Waals surface area contributed by atoms with Crippen LogP contribution in [0.25, 0.3) is 0 Å². The van der Waals surface area contributed by atoms with E-state index in [1.54, 1.807) is 7.05 Å². The number of nitro benzene ring substituents is 1. The monoisotopic (exact) mass is 311 g/mol. The first kappa shape index (κ1) is 15.7. The Morgan fingerprint density at radius 1 is 1.38 bits per heavy atom. The van der Waals surface area contributed by atoms with Crippen molar-refractivity contribution in [3.05, 3.63) is 33.3 Å². The van der Waals surface area contributed by atoms with E-state index < -0.39 is 4.92 Å². The Balaban J connectivity index is 2.10. The van der Waals surface area contributed by atoms with Crippen LogP contribution in [0, 0.1) is 10.1 Å². The van der Waals surface area contributed by atoms with Gasteiger partial charge in [0.25, 0.3) is 5.69 Å². The smallest absolute Gasteiger partial charge is 0.271 e. The van der Waals surface area contributed by atoms with Crippen molar-refractivity contribution in [3.8, 4) is 0 Å². The van der Waals surface area contributed by atoms with E-state index in [0.717, 1.165) is 25.9 Å². The summed E-state index contributed by atoms with van der Waals surface area (Å²) in [5.41, 5.74) is 0.292. The van der Waals surface area contributed by atoms with E-state index in [4.69, 9.17) is 11.6 Å². The fourth-order valence-electron chi connectivity index (χ4n) is 2.42. The zero-order valence-electron chi connectivity index (χ0n) is 11.9. The van der Waals surface area contributed by atoms with Crippen LogP contribution in [0.2, 0.25) is 5.02 Å². The third kappa shape index (κ3) is 3.92. The van der Waals surface area contributed by atoms with Gasteiger partial charge in [0, 0.05) is 19.2 Å². The van der Waals surface area contributed by atoms with Gasteiger partial charge >= 0.3 is 0 Å². The van der Waals surface area contributed by atoms with Gasteiger partial charge in [0.1, 0.15) is 0 Å². The van der Waals surface area contributed by atoms with E-state index in [9.17, 15) is 14.9 Å². The lowest BCUT2D eigenvalue weighted by atomic mass is 10.1. The lowest BCUT2D eigenvalue weighted by molar-refractivity contribution is -0.384. The SMILES string of the molecule is CN(C(=O)CN1CCCCC1)c1cc([N+](=O)[O-])ccc1Cl. The molecule has 1 aromatic rings. The summed E-state index contributed by atoms with van der Waals surface area (Å²) in [6, 6.07) is 4.10. The van der Waals surface area contributed by atoms with Crippen LogP contribution >= 0.6 is 11.6 Å². The van der Waals surface area contributed by atoms with E-state index in [1.165, 1.54) is 29.5 Å². The maximum absolute atomic E-state index is 12.3. The van der Waals surface area contributed by atoms with E-state index in [2.05, 4.69) is 4.90 Å². The number of likely N-dealkylation sites (tertiary alicyclic amines) is 1. The maximum Gasteiger partial charge on any atom is 0.271 e. The highest BCUT2D eigenvalue weighted by Gasteiger charge is 2.20. The molecule has 1 fully saturated rings. The number of anilines is 1. The van der Waals surface area contributed by atoms with E-state index >= 15 is 0 Å². The number of nitrogens with zero attached hydrogens (tertiary/aromatic N) is 3. The van der Waals surface area contributed by atoms with Gasteiger partial charge in [-0.05, 0) is 32.0 Å². The third-order valence-electron chi connectivity index (χ3n) is 3.68. The largest absolute Gasteiger partial charge is 0.313 e. The van der Waals surface area contributed by atoms with Gasteiger partial charge in [0.05, 0.1) is 22.2 Å². The van der Waals surface area contributed by atoms with Crippen LogP contribution in [-0.2, 0) is 4.79 Å². The van der Waals surface area contributed by atoms with Crippen molar-refractivity contribution < 1.29 is 9.72 Å². The first-order chi connectivity index (χ1) is 9.99. The topological polar surface area (TPSA) is 66.7 Å². The van der Waals surface area contributed by atoms with Crippen molar-refractivity contribution in [2.45, 2.75) is 19.3 Å². The van der Waals surface area contributed by atoms with Crippen molar-refractivity contribution in [1.82, 2.24) is 4.90 Å². The molecule has 1 aliphatic heterocycles. The summed E-state index contributed by atoms with van der Waals surface area (Å²) in [5.74, 6) is -0.112. The summed E-state index contributed by atoms with van der Waals surface area (Å²) in [6.07, 6.45) is 3.42. The molecule has 0 unspecified atom stereocenters. The molecule has 0 bridgehead atoms. The summed E-state index contributed by atoms with van der Waals surface area (Å²) >= 11 is 6.05. The molecular formula is C14H18ClN3O3. The Kier molecular flexibility index (Phi) is 5.14. The molecule has 114 valence electrons. The number of nitro groups is 1. The molecule has 1 aliphatic rings. The Hall–Kier alpha value is -1.66. The van der Waals surface area contributed by atoms with Crippen molar-refractivity contribution >= 4 is 28.9 Å². The minimum atomic E-state index is -0.497. The van der Waals surface area contributed by atoms with E-state index in [1.807, 2.05) is 0 Å². The van der Waals surface area contributed by atoms with Gasteiger partial charge in [-0.3, -0.25) is 19.8 Å². The predicted octanol–water partition coefficient (Wildman–Crippen LogP) is 2.70. The molecule has 0 aliphatic carbocycles. The Morgan fingerprint density at radius 2 is 2.05 bits per heavy atom.